The van der Waals surface area contributed by atoms with Crippen molar-refractivity contribution in [3.8, 4) is 0 Å². The summed E-state index contributed by atoms with van der Waals surface area (Å²) in [5.74, 6) is -0.287. The predicted octanol–water partition coefficient (Wildman–Crippen LogP) is -0.355. The smallest absolute Gasteiger partial charge is 0.330 e. The number of hydrogen-bond donors (Lipinski definition) is 3. The molecular formula is C8H15N3O3. The summed E-state index contributed by atoms with van der Waals surface area (Å²) in [6, 6.07) is -0.779. The van der Waals surface area contributed by atoms with Crippen molar-refractivity contribution in [2.24, 2.45) is 5.73 Å². The normalized spacial score (nSPS) is 18.1. The van der Waals surface area contributed by atoms with Crippen LogP contribution in [-0.2, 0) is 9.53 Å². The zero-order chi connectivity index (χ0) is 10.6. The van der Waals surface area contributed by atoms with E-state index in [0.29, 0.717) is 0 Å². The second-order valence-electron chi connectivity index (χ2n) is 3.45. The molecule has 1 rings (SSSR count). The van der Waals surface area contributed by atoms with Gasteiger partial charge in [-0.1, -0.05) is 0 Å². The van der Waals surface area contributed by atoms with E-state index in [0.717, 1.165) is 19.3 Å². The molecule has 0 aromatic rings. The lowest BCUT2D eigenvalue weighted by atomic mass is 9.77. The van der Waals surface area contributed by atoms with Gasteiger partial charge < -0.3 is 10.5 Å². The first-order valence-electron chi connectivity index (χ1n) is 4.47. The molecule has 6 heteroatoms. The number of carbonyl (C=O) groups excluding carboxylic acids is 2. The Kier molecular flexibility index (Phi) is 3.29. The summed E-state index contributed by atoms with van der Waals surface area (Å²) >= 11 is 0. The average Bonchev–Trinajstić information content (AvgIpc) is 2.08. The minimum atomic E-state index is -0.779. The van der Waals surface area contributed by atoms with Crippen LogP contribution in [0.4, 0.5) is 4.79 Å². The molecule has 4 N–H and O–H groups in total. The lowest BCUT2D eigenvalue weighted by Crippen LogP contribution is -2.49. The van der Waals surface area contributed by atoms with Crippen LogP contribution in [0.15, 0.2) is 0 Å². The van der Waals surface area contributed by atoms with Crippen molar-refractivity contribution in [2.75, 3.05) is 7.11 Å². The number of urea groups is 1. The molecule has 0 atom stereocenters. The Morgan fingerprint density at radius 2 is 2.07 bits per heavy atom. The summed E-state index contributed by atoms with van der Waals surface area (Å²) in [6.45, 7) is 0. The first kappa shape index (κ1) is 10.8. The number of primary amides is 1. The molecule has 1 aliphatic carbocycles. The van der Waals surface area contributed by atoms with Crippen molar-refractivity contribution in [2.45, 2.75) is 31.3 Å². The number of amides is 3. The van der Waals surface area contributed by atoms with E-state index < -0.39 is 6.03 Å². The largest absolute Gasteiger partial charge is 0.378 e. The molecule has 0 aromatic carbocycles. The summed E-state index contributed by atoms with van der Waals surface area (Å²) in [5, 5.41) is 0. The van der Waals surface area contributed by atoms with Crippen LogP contribution in [0.25, 0.3) is 0 Å². The molecule has 0 aromatic heterocycles. The van der Waals surface area contributed by atoms with Crippen LogP contribution in [0, 0.1) is 0 Å². The molecule has 0 unspecified atom stereocenters. The molecule has 1 fully saturated rings. The Bertz CT molecular complexity index is 232. The van der Waals surface area contributed by atoms with Crippen molar-refractivity contribution >= 4 is 11.9 Å². The first-order valence-corrected chi connectivity index (χ1v) is 4.47. The molecule has 0 aliphatic heterocycles. The van der Waals surface area contributed by atoms with Gasteiger partial charge in [-0.15, -0.1) is 0 Å². The van der Waals surface area contributed by atoms with Crippen LogP contribution in [0.5, 0.6) is 0 Å². The zero-order valence-corrected chi connectivity index (χ0v) is 8.13. The Hall–Kier alpha value is -1.30. The Labute approximate surface area is 82.1 Å². The van der Waals surface area contributed by atoms with Gasteiger partial charge in [0, 0.05) is 7.11 Å². The molecule has 0 bridgehead atoms. The fraction of sp³-hybridized carbons (Fsp3) is 0.750. The van der Waals surface area contributed by atoms with E-state index in [9.17, 15) is 9.59 Å². The number of rotatable bonds is 3. The van der Waals surface area contributed by atoms with E-state index in [2.05, 4.69) is 5.43 Å². The molecule has 1 aliphatic rings. The SMILES string of the molecule is COC1(CC(=O)NNC(N)=O)CCC1. The van der Waals surface area contributed by atoms with E-state index in [1.165, 1.54) is 0 Å². The minimum absolute atomic E-state index is 0.254. The fourth-order valence-electron chi connectivity index (χ4n) is 1.49. The lowest BCUT2D eigenvalue weighted by Gasteiger charge is -2.39. The van der Waals surface area contributed by atoms with Crippen LogP contribution in [0.3, 0.4) is 0 Å². The summed E-state index contributed by atoms with van der Waals surface area (Å²) in [7, 11) is 1.59. The Morgan fingerprint density at radius 1 is 1.43 bits per heavy atom. The third-order valence-corrected chi connectivity index (χ3v) is 2.51. The standard InChI is InChI=1S/C8H15N3O3/c1-14-8(3-2-4-8)5-6(12)10-11-7(9)13/h2-5H2,1H3,(H,10,12)(H3,9,11,13). The number of hydrazine groups is 1. The number of hydrogen-bond acceptors (Lipinski definition) is 3. The highest BCUT2D eigenvalue weighted by atomic mass is 16.5. The second-order valence-corrected chi connectivity index (χ2v) is 3.45. The number of ether oxygens (including phenoxy) is 1. The van der Waals surface area contributed by atoms with Gasteiger partial charge in [0.15, 0.2) is 0 Å². The topological polar surface area (TPSA) is 93.4 Å². The molecule has 0 heterocycles. The monoisotopic (exact) mass is 201 g/mol. The van der Waals surface area contributed by atoms with Crippen molar-refractivity contribution in [3.63, 3.8) is 0 Å². The van der Waals surface area contributed by atoms with Gasteiger partial charge in [0.25, 0.3) is 0 Å². The molecule has 80 valence electrons. The summed E-state index contributed by atoms with van der Waals surface area (Å²) < 4.78 is 5.25. The Balaban J connectivity index is 2.28. The zero-order valence-electron chi connectivity index (χ0n) is 8.13. The molecule has 14 heavy (non-hydrogen) atoms. The molecular weight excluding hydrogens is 186 g/mol. The molecule has 0 spiro atoms. The van der Waals surface area contributed by atoms with Crippen molar-refractivity contribution < 1.29 is 14.3 Å². The molecule has 0 radical (unpaired) electrons. The van der Waals surface area contributed by atoms with E-state index in [-0.39, 0.29) is 17.9 Å². The van der Waals surface area contributed by atoms with Gasteiger partial charge in [-0.25, -0.2) is 10.2 Å². The molecule has 1 saturated carbocycles. The number of carbonyl (C=O) groups is 2. The van der Waals surface area contributed by atoms with Gasteiger partial charge in [-0.3, -0.25) is 10.2 Å². The highest BCUT2D eigenvalue weighted by Gasteiger charge is 2.38. The van der Waals surface area contributed by atoms with Crippen LogP contribution in [-0.4, -0.2) is 24.6 Å². The summed E-state index contributed by atoms with van der Waals surface area (Å²) in [4.78, 5) is 21.5. The molecule has 3 amide bonds. The number of nitrogens with two attached hydrogens (primary N) is 1. The fourth-order valence-corrected chi connectivity index (χ4v) is 1.49. The van der Waals surface area contributed by atoms with Gasteiger partial charge in [-0.2, -0.15) is 0 Å². The second kappa shape index (κ2) is 4.28. The van der Waals surface area contributed by atoms with Crippen LogP contribution < -0.4 is 16.6 Å². The van der Waals surface area contributed by atoms with Gasteiger partial charge in [0.2, 0.25) is 5.91 Å². The van der Waals surface area contributed by atoms with Crippen LogP contribution in [0.1, 0.15) is 25.7 Å². The number of methoxy groups -OCH3 is 1. The minimum Gasteiger partial charge on any atom is -0.378 e. The van der Waals surface area contributed by atoms with Gasteiger partial charge in [0.1, 0.15) is 0 Å². The van der Waals surface area contributed by atoms with Gasteiger partial charge in [-0.05, 0) is 19.3 Å². The quantitative estimate of drug-likeness (QED) is 0.544. The molecule has 0 saturated heterocycles. The number of nitrogens with one attached hydrogen (secondary N) is 2. The van der Waals surface area contributed by atoms with E-state index in [1.54, 1.807) is 7.11 Å². The van der Waals surface area contributed by atoms with Crippen molar-refractivity contribution in [3.05, 3.63) is 0 Å². The summed E-state index contributed by atoms with van der Waals surface area (Å²) in [6.07, 6.45) is 3.09. The molecule has 6 nitrogen and oxygen atoms in total. The predicted molar refractivity (Wildman–Crippen MR) is 49.1 cm³/mol. The third kappa shape index (κ3) is 2.59. The Morgan fingerprint density at radius 3 is 2.43 bits per heavy atom. The van der Waals surface area contributed by atoms with Gasteiger partial charge >= 0.3 is 6.03 Å². The van der Waals surface area contributed by atoms with E-state index in [4.69, 9.17) is 10.5 Å². The van der Waals surface area contributed by atoms with Gasteiger partial charge in [0.05, 0.1) is 12.0 Å². The average molecular weight is 201 g/mol. The first-order chi connectivity index (χ1) is 6.58. The van der Waals surface area contributed by atoms with Crippen LogP contribution in [0.2, 0.25) is 0 Å². The van der Waals surface area contributed by atoms with Crippen molar-refractivity contribution in [1.29, 1.82) is 0 Å². The third-order valence-electron chi connectivity index (χ3n) is 2.51. The van der Waals surface area contributed by atoms with E-state index in [1.807, 2.05) is 5.43 Å². The maximum Gasteiger partial charge on any atom is 0.330 e. The lowest BCUT2D eigenvalue weighted by molar-refractivity contribution is -0.134. The maximum absolute atomic E-state index is 11.3. The highest BCUT2D eigenvalue weighted by Crippen LogP contribution is 2.37. The van der Waals surface area contributed by atoms with E-state index >= 15 is 0 Å². The highest BCUT2D eigenvalue weighted by molar-refractivity contribution is 5.81. The maximum atomic E-state index is 11.3. The van der Waals surface area contributed by atoms with Crippen molar-refractivity contribution in [1.82, 2.24) is 10.9 Å². The van der Waals surface area contributed by atoms with Crippen LogP contribution >= 0.6 is 0 Å². The summed E-state index contributed by atoms with van der Waals surface area (Å²) in [5.41, 5.74) is 8.68.